The van der Waals surface area contributed by atoms with Gasteiger partial charge in [0, 0.05) is 21.6 Å². The molecule has 1 unspecified atom stereocenters. The van der Waals surface area contributed by atoms with Crippen LogP contribution in [0.15, 0.2) is 40.9 Å². The van der Waals surface area contributed by atoms with Gasteiger partial charge in [0.05, 0.1) is 7.11 Å². The van der Waals surface area contributed by atoms with E-state index in [1.807, 2.05) is 6.07 Å². The summed E-state index contributed by atoms with van der Waals surface area (Å²) >= 11 is 3.35. The lowest BCUT2D eigenvalue weighted by molar-refractivity contribution is 0.404. The maximum atomic E-state index is 13.7. The zero-order chi connectivity index (χ0) is 14.7. The van der Waals surface area contributed by atoms with E-state index in [-0.39, 0.29) is 12.0 Å². The predicted molar refractivity (Wildman–Crippen MR) is 77.7 cm³/mol. The SMILES string of the molecule is COc1ccc(Br)cc1C(N)Cc1c(F)cccc1F. The number of methoxy groups -OCH3 is 1. The Hall–Kier alpha value is -1.46. The molecule has 0 aliphatic rings. The van der Waals surface area contributed by atoms with Crippen molar-refractivity contribution in [2.75, 3.05) is 7.11 Å². The monoisotopic (exact) mass is 341 g/mol. The largest absolute Gasteiger partial charge is 0.496 e. The molecule has 0 aliphatic heterocycles. The predicted octanol–water partition coefficient (Wildman–Crippen LogP) is 3.98. The maximum Gasteiger partial charge on any atom is 0.129 e. The molecule has 2 N–H and O–H groups in total. The number of ether oxygens (including phenoxy) is 1. The summed E-state index contributed by atoms with van der Waals surface area (Å²) in [6.45, 7) is 0. The van der Waals surface area contributed by atoms with Crippen LogP contribution in [-0.2, 0) is 6.42 Å². The number of halogens is 3. The van der Waals surface area contributed by atoms with Gasteiger partial charge in [0.15, 0.2) is 0 Å². The average molecular weight is 342 g/mol. The van der Waals surface area contributed by atoms with Crippen molar-refractivity contribution in [1.29, 1.82) is 0 Å². The molecule has 0 aliphatic carbocycles. The Morgan fingerprint density at radius 3 is 2.45 bits per heavy atom. The van der Waals surface area contributed by atoms with Gasteiger partial charge in [-0.15, -0.1) is 0 Å². The van der Waals surface area contributed by atoms with Crippen LogP contribution in [0.25, 0.3) is 0 Å². The van der Waals surface area contributed by atoms with Gasteiger partial charge in [-0.05, 0) is 36.8 Å². The van der Waals surface area contributed by atoms with Gasteiger partial charge < -0.3 is 10.5 Å². The fourth-order valence-electron chi connectivity index (χ4n) is 2.05. The molecule has 5 heteroatoms. The molecule has 0 radical (unpaired) electrons. The van der Waals surface area contributed by atoms with E-state index < -0.39 is 17.7 Å². The molecule has 0 bridgehead atoms. The molecule has 0 saturated heterocycles. The number of nitrogens with two attached hydrogens (primary N) is 1. The van der Waals surface area contributed by atoms with E-state index in [9.17, 15) is 8.78 Å². The Bertz CT molecular complexity index is 599. The normalized spacial score (nSPS) is 12.2. The molecule has 2 aromatic carbocycles. The van der Waals surface area contributed by atoms with Crippen molar-refractivity contribution in [2.24, 2.45) is 5.73 Å². The zero-order valence-corrected chi connectivity index (χ0v) is 12.5. The van der Waals surface area contributed by atoms with Gasteiger partial charge in [-0.1, -0.05) is 22.0 Å². The summed E-state index contributed by atoms with van der Waals surface area (Å²) in [5.41, 5.74) is 6.76. The minimum Gasteiger partial charge on any atom is -0.496 e. The lowest BCUT2D eigenvalue weighted by Crippen LogP contribution is -2.16. The van der Waals surface area contributed by atoms with E-state index in [1.165, 1.54) is 25.3 Å². The van der Waals surface area contributed by atoms with Crippen LogP contribution < -0.4 is 10.5 Å². The van der Waals surface area contributed by atoms with Crippen molar-refractivity contribution >= 4 is 15.9 Å². The van der Waals surface area contributed by atoms with E-state index in [4.69, 9.17) is 10.5 Å². The third kappa shape index (κ3) is 3.16. The van der Waals surface area contributed by atoms with Gasteiger partial charge in [-0.25, -0.2) is 8.78 Å². The molecule has 2 nitrogen and oxygen atoms in total. The number of hydrogen-bond acceptors (Lipinski definition) is 2. The molecule has 20 heavy (non-hydrogen) atoms. The van der Waals surface area contributed by atoms with Crippen molar-refractivity contribution in [1.82, 2.24) is 0 Å². The van der Waals surface area contributed by atoms with Crippen LogP contribution in [0.2, 0.25) is 0 Å². The first-order valence-corrected chi connectivity index (χ1v) is 6.84. The Morgan fingerprint density at radius 1 is 1.20 bits per heavy atom. The highest BCUT2D eigenvalue weighted by Gasteiger charge is 2.17. The van der Waals surface area contributed by atoms with Crippen molar-refractivity contribution in [3.63, 3.8) is 0 Å². The van der Waals surface area contributed by atoms with E-state index in [0.29, 0.717) is 11.3 Å². The summed E-state index contributed by atoms with van der Waals surface area (Å²) < 4.78 is 33.4. The first kappa shape index (κ1) is 14.9. The van der Waals surface area contributed by atoms with Crippen molar-refractivity contribution in [3.05, 3.63) is 63.6 Å². The van der Waals surface area contributed by atoms with E-state index in [0.717, 1.165) is 4.47 Å². The van der Waals surface area contributed by atoms with Crippen LogP contribution >= 0.6 is 15.9 Å². The second-order valence-corrected chi connectivity index (χ2v) is 5.31. The van der Waals surface area contributed by atoms with E-state index in [2.05, 4.69) is 15.9 Å². The van der Waals surface area contributed by atoms with E-state index in [1.54, 1.807) is 12.1 Å². The van der Waals surface area contributed by atoms with Crippen LogP contribution in [0, 0.1) is 11.6 Å². The molecule has 0 aromatic heterocycles. The van der Waals surface area contributed by atoms with Gasteiger partial charge in [-0.2, -0.15) is 0 Å². The van der Waals surface area contributed by atoms with Gasteiger partial charge in [-0.3, -0.25) is 0 Å². The minimum atomic E-state index is -0.589. The summed E-state index contributed by atoms with van der Waals surface area (Å²) in [5.74, 6) is -0.582. The molecule has 2 aromatic rings. The molecule has 0 spiro atoms. The Labute approximate surface area is 124 Å². The average Bonchev–Trinajstić information content (AvgIpc) is 2.43. The minimum absolute atomic E-state index is 0.0120. The van der Waals surface area contributed by atoms with Gasteiger partial charge in [0.25, 0.3) is 0 Å². The maximum absolute atomic E-state index is 13.7. The first-order chi connectivity index (χ1) is 9.52. The van der Waals surface area contributed by atoms with Gasteiger partial charge in [0.1, 0.15) is 17.4 Å². The molecular weight excluding hydrogens is 328 g/mol. The highest BCUT2D eigenvalue weighted by atomic mass is 79.9. The zero-order valence-electron chi connectivity index (χ0n) is 10.9. The second kappa shape index (κ2) is 6.33. The number of benzene rings is 2. The molecule has 0 heterocycles. The standard InChI is InChI=1S/C15H14BrF2NO/c1-20-15-6-5-9(16)7-11(15)14(19)8-10-12(17)3-2-4-13(10)18/h2-7,14H,8,19H2,1H3. The Morgan fingerprint density at radius 2 is 1.85 bits per heavy atom. The second-order valence-electron chi connectivity index (χ2n) is 4.40. The molecular formula is C15H14BrF2NO. The molecule has 0 fully saturated rings. The summed E-state index contributed by atoms with van der Waals surface area (Å²) in [6, 6.07) is 8.60. The van der Waals surface area contributed by atoms with Crippen LogP contribution in [0.1, 0.15) is 17.2 Å². The molecule has 106 valence electrons. The molecule has 1 atom stereocenters. The third-order valence-electron chi connectivity index (χ3n) is 3.08. The Kier molecular flexibility index (Phi) is 4.73. The van der Waals surface area contributed by atoms with Gasteiger partial charge >= 0.3 is 0 Å². The van der Waals surface area contributed by atoms with Crippen LogP contribution in [-0.4, -0.2) is 7.11 Å². The van der Waals surface area contributed by atoms with Crippen LogP contribution in [0.3, 0.4) is 0 Å². The first-order valence-electron chi connectivity index (χ1n) is 6.05. The molecule has 0 amide bonds. The topological polar surface area (TPSA) is 35.2 Å². The van der Waals surface area contributed by atoms with Crippen molar-refractivity contribution in [2.45, 2.75) is 12.5 Å². The summed E-state index contributed by atoms with van der Waals surface area (Å²) in [7, 11) is 1.53. The quantitative estimate of drug-likeness (QED) is 0.912. The van der Waals surface area contributed by atoms with Crippen molar-refractivity contribution < 1.29 is 13.5 Å². The Balaban J connectivity index is 2.33. The highest BCUT2D eigenvalue weighted by molar-refractivity contribution is 9.10. The molecule has 2 rings (SSSR count). The number of rotatable bonds is 4. The lowest BCUT2D eigenvalue weighted by Gasteiger charge is -2.17. The van der Waals surface area contributed by atoms with Gasteiger partial charge in [0.2, 0.25) is 0 Å². The van der Waals surface area contributed by atoms with Crippen molar-refractivity contribution in [3.8, 4) is 5.75 Å². The van der Waals surface area contributed by atoms with Crippen LogP contribution in [0.5, 0.6) is 5.75 Å². The fourth-order valence-corrected chi connectivity index (χ4v) is 2.43. The summed E-state index contributed by atoms with van der Waals surface area (Å²) in [5, 5.41) is 0. The molecule has 0 saturated carbocycles. The van der Waals surface area contributed by atoms with Crippen LogP contribution in [0.4, 0.5) is 8.78 Å². The number of hydrogen-bond donors (Lipinski definition) is 1. The lowest BCUT2D eigenvalue weighted by atomic mass is 9.98. The summed E-state index contributed by atoms with van der Waals surface area (Å²) in [6.07, 6.45) is 0.0608. The smallest absolute Gasteiger partial charge is 0.129 e. The highest BCUT2D eigenvalue weighted by Crippen LogP contribution is 2.30. The fraction of sp³-hybridized carbons (Fsp3) is 0.200. The third-order valence-corrected chi connectivity index (χ3v) is 3.57. The van der Waals surface area contributed by atoms with E-state index >= 15 is 0 Å². The summed E-state index contributed by atoms with van der Waals surface area (Å²) in [4.78, 5) is 0.